The van der Waals surface area contributed by atoms with E-state index in [0.29, 0.717) is 11.5 Å². The molecular weight excluding hydrogens is 390 g/mol. The van der Waals surface area contributed by atoms with Gasteiger partial charge in [0.25, 0.3) is 0 Å². The van der Waals surface area contributed by atoms with Crippen molar-refractivity contribution >= 4 is 17.4 Å². The topological polar surface area (TPSA) is 30.0 Å². The Morgan fingerprint density at radius 3 is 1.84 bits per heavy atom. The summed E-state index contributed by atoms with van der Waals surface area (Å²) in [5, 5.41) is 0. The van der Waals surface area contributed by atoms with E-state index >= 15 is 0 Å². The molecule has 2 heteroatoms. The summed E-state index contributed by atoms with van der Waals surface area (Å²) in [7, 11) is 0. The number of rotatable bonds is 6. The van der Waals surface area contributed by atoms with Crippen LogP contribution in [0.15, 0.2) is 103 Å². The number of pyridine rings is 1. The number of benzene rings is 3. The molecule has 1 aromatic heterocycles. The highest BCUT2D eigenvalue weighted by atomic mass is 16.1. The first-order valence-corrected chi connectivity index (χ1v) is 11.2. The van der Waals surface area contributed by atoms with Gasteiger partial charge in [-0.3, -0.25) is 9.78 Å². The van der Waals surface area contributed by atoms with Gasteiger partial charge in [-0.1, -0.05) is 85.3 Å². The molecule has 0 spiro atoms. The number of hydrogen-bond acceptors (Lipinski definition) is 2. The maximum Gasteiger partial charge on any atom is 0.150 e. The summed E-state index contributed by atoms with van der Waals surface area (Å²) in [6.07, 6.45) is 8.27. The van der Waals surface area contributed by atoms with Gasteiger partial charge in [0.1, 0.15) is 6.29 Å². The van der Waals surface area contributed by atoms with Crippen molar-refractivity contribution in [2.24, 2.45) is 5.92 Å². The van der Waals surface area contributed by atoms with Crippen molar-refractivity contribution in [3.05, 3.63) is 126 Å². The van der Waals surface area contributed by atoms with Crippen LogP contribution in [-0.2, 0) is 0 Å². The summed E-state index contributed by atoms with van der Waals surface area (Å²) >= 11 is 0. The fourth-order valence-corrected chi connectivity index (χ4v) is 4.48. The number of allylic oxidation sites excluding steroid dienone is 1. The Hall–Kier alpha value is -3.78. The molecular formula is C30H25NO. The molecule has 0 amide bonds. The lowest BCUT2D eigenvalue weighted by Gasteiger charge is -2.31. The lowest BCUT2D eigenvalue weighted by Crippen LogP contribution is -2.15. The quantitative estimate of drug-likeness (QED) is 0.244. The Morgan fingerprint density at radius 1 is 0.688 bits per heavy atom. The van der Waals surface area contributed by atoms with E-state index in [1.54, 1.807) is 0 Å². The molecule has 0 unspecified atom stereocenters. The molecule has 3 aromatic carbocycles. The number of nitrogens with zero attached hydrogens (tertiary/aromatic N) is 1. The van der Waals surface area contributed by atoms with E-state index in [0.717, 1.165) is 17.4 Å². The third-order valence-corrected chi connectivity index (χ3v) is 6.39. The van der Waals surface area contributed by atoms with E-state index in [2.05, 4.69) is 71.7 Å². The lowest BCUT2D eigenvalue weighted by atomic mass is 9.73. The number of aromatic nitrogens is 1. The molecule has 0 saturated heterocycles. The maximum absolute atomic E-state index is 11.2. The zero-order chi connectivity index (χ0) is 21.8. The summed E-state index contributed by atoms with van der Waals surface area (Å²) in [5.74, 6) is 0.554. The molecule has 2 nitrogen and oxygen atoms in total. The minimum absolute atomic E-state index is 0.554. The molecule has 0 atom stereocenters. The molecule has 1 heterocycles. The van der Waals surface area contributed by atoms with Crippen LogP contribution >= 0.6 is 0 Å². The SMILES string of the molecule is O=Cc1ccc(/C(=C(\c2ccccc2)C2CCC2)c2ccc(-c3ccncc3)cc2)cc1. The van der Waals surface area contributed by atoms with Gasteiger partial charge in [-0.05, 0) is 69.9 Å². The predicted octanol–water partition coefficient (Wildman–Crippen LogP) is 7.32. The van der Waals surface area contributed by atoms with Gasteiger partial charge < -0.3 is 0 Å². The van der Waals surface area contributed by atoms with E-state index in [1.165, 1.54) is 47.1 Å². The largest absolute Gasteiger partial charge is 0.298 e. The molecule has 1 aliphatic carbocycles. The average Bonchev–Trinajstić information content (AvgIpc) is 2.84. The molecule has 4 aromatic rings. The Bertz CT molecular complexity index is 1220. The summed E-state index contributed by atoms with van der Waals surface area (Å²) in [6.45, 7) is 0. The van der Waals surface area contributed by atoms with E-state index in [4.69, 9.17) is 0 Å². The van der Waals surface area contributed by atoms with Gasteiger partial charge in [-0.2, -0.15) is 0 Å². The van der Waals surface area contributed by atoms with Crippen molar-refractivity contribution in [3.63, 3.8) is 0 Å². The second kappa shape index (κ2) is 9.15. The normalized spacial score (nSPS) is 14.4. The van der Waals surface area contributed by atoms with Crippen LogP contribution in [0.25, 0.3) is 22.3 Å². The van der Waals surface area contributed by atoms with Gasteiger partial charge in [0, 0.05) is 18.0 Å². The highest BCUT2D eigenvalue weighted by molar-refractivity contribution is 6.00. The van der Waals surface area contributed by atoms with Crippen LogP contribution in [-0.4, -0.2) is 11.3 Å². The average molecular weight is 416 g/mol. The fourth-order valence-electron chi connectivity index (χ4n) is 4.48. The molecule has 0 aliphatic heterocycles. The van der Waals surface area contributed by atoms with Crippen LogP contribution in [0, 0.1) is 5.92 Å². The predicted molar refractivity (Wildman–Crippen MR) is 131 cm³/mol. The van der Waals surface area contributed by atoms with Crippen molar-refractivity contribution in [1.82, 2.24) is 4.98 Å². The molecule has 156 valence electrons. The minimum Gasteiger partial charge on any atom is -0.298 e. The third kappa shape index (κ3) is 4.04. The highest BCUT2D eigenvalue weighted by Gasteiger charge is 2.27. The highest BCUT2D eigenvalue weighted by Crippen LogP contribution is 2.45. The Labute approximate surface area is 189 Å². The standard InChI is InChI=1S/C30H25NO/c32-21-22-9-11-27(12-10-22)30(29(26-7-4-8-26)25-5-2-1-3-6-25)28-15-13-23(14-16-28)24-17-19-31-20-18-24/h1-3,5-6,9-21,26H,4,7-8H2/b30-29-. The first kappa shape index (κ1) is 20.1. The Balaban J connectivity index is 1.69. The van der Waals surface area contributed by atoms with Crippen LogP contribution in [0.2, 0.25) is 0 Å². The molecule has 32 heavy (non-hydrogen) atoms. The first-order chi connectivity index (χ1) is 15.8. The molecule has 0 bridgehead atoms. The summed E-state index contributed by atoms with van der Waals surface area (Å²) in [5.41, 5.74) is 9.35. The maximum atomic E-state index is 11.2. The van der Waals surface area contributed by atoms with Crippen LogP contribution in [0.5, 0.6) is 0 Å². The number of carbonyl (C=O) groups is 1. The molecule has 0 radical (unpaired) electrons. The van der Waals surface area contributed by atoms with Crippen LogP contribution < -0.4 is 0 Å². The van der Waals surface area contributed by atoms with Crippen molar-refractivity contribution in [2.45, 2.75) is 19.3 Å². The summed E-state index contributed by atoms with van der Waals surface area (Å²) < 4.78 is 0. The van der Waals surface area contributed by atoms with Crippen LogP contribution in [0.4, 0.5) is 0 Å². The number of hydrogen-bond donors (Lipinski definition) is 0. The monoisotopic (exact) mass is 415 g/mol. The third-order valence-electron chi connectivity index (χ3n) is 6.39. The van der Waals surface area contributed by atoms with Crippen LogP contribution in [0.3, 0.4) is 0 Å². The molecule has 1 saturated carbocycles. The van der Waals surface area contributed by atoms with E-state index < -0.39 is 0 Å². The van der Waals surface area contributed by atoms with Crippen molar-refractivity contribution in [2.75, 3.05) is 0 Å². The Morgan fingerprint density at radius 2 is 1.28 bits per heavy atom. The van der Waals surface area contributed by atoms with Gasteiger partial charge in [0.15, 0.2) is 0 Å². The smallest absolute Gasteiger partial charge is 0.150 e. The van der Waals surface area contributed by atoms with Gasteiger partial charge in [0.2, 0.25) is 0 Å². The lowest BCUT2D eigenvalue weighted by molar-refractivity contribution is 0.112. The summed E-state index contributed by atoms with van der Waals surface area (Å²) in [6, 6.07) is 31.6. The van der Waals surface area contributed by atoms with Crippen molar-refractivity contribution in [3.8, 4) is 11.1 Å². The van der Waals surface area contributed by atoms with Crippen molar-refractivity contribution in [1.29, 1.82) is 0 Å². The molecule has 0 N–H and O–H groups in total. The van der Waals surface area contributed by atoms with E-state index in [-0.39, 0.29) is 0 Å². The zero-order valence-corrected chi connectivity index (χ0v) is 17.9. The van der Waals surface area contributed by atoms with Gasteiger partial charge in [-0.25, -0.2) is 0 Å². The number of aldehydes is 1. The Kier molecular flexibility index (Phi) is 5.76. The molecule has 1 fully saturated rings. The van der Waals surface area contributed by atoms with Gasteiger partial charge >= 0.3 is 0 Å². The van der Waals surface area contributed by atoms with Crippen LogP contribution in [0.1, 0.15) is 46.3 Å². The van der Waals surface area contributed by atoms with Gasteiger partial charge in [-0.15, -0.1) is 0 Å². The van der Waals surface area contributed by atoms with Gasteiger partial charge in [0.05, 0.1) is 0 Å². The first-order valence-electron chi connectivity index (χ1n) is 11.2. The summed E-state index contributed by atoms with van der Waals surface area (Å²) in [4.78, 5) is 15.4. The van der Waals surface area contributed by atoms with E-state index in [9.17, 15) is 4.79 Å². The van der Waals surface area contributed by atoms with E-state index in [1.807, 2.05) is 36.7 Å². The second-order valence-corrected chi connectivity index (χ2v) is 8.34. The molecule has 5 rings (SSSR count). The molecule has 1 aliphatic rings. The zero-order valence-electron chi connectivity index (χ0n) is 17.9. The minimum atomic E-state index is 0.554. The van der Waals surface area contributed by atoms with Crippen molar-refractivity contribution < 1.29 is 4.79 Å². The fraction of sp³-hybridized carbons (Fsp3) is 0.133. The second-order valence-electron chi connectivity index (χ2n) is 8.34. The number of carbonyl (C=O) groups excluding carboxylic acids is 1.